The van der Waals surface area contributed by atoms with Crippen LogP contribution in [0.4, 0.5) is 11.5 Å². The molecule has 2 aromatic rings. The zero-order chi connectivity index (χ0) is 14.8. The summed E-state index contributed by atoms with van der Waals surface area (Å²) < 4.78 is 27.2. The van der Waals surface area contributed by atoms with Crippen molar-refractivity contribution in [1.82, 2.24) is 9.97 Å². The van der Waals surface area contributed by atoms with Gasteiger partial charge in [-0.25, -0.2) is 13.4 Å². The fourth-order valence-corrected chi connectivity index (χ4v) is 2.84. The van der Waals surface area contributed by atoms with Gasteiger partial charge in [0, 0.05) is 25.0 Å². The Balaban J connectivity index is 2.35. The first-order valence-corrected chi connectivity index (χ1v) is 7.51. The summed E-state index contributed by atoms with van der Waals surface area (Å²) in [6, 6.07) is 6.38. The molecule has 0 aliphatic heterocycles. The lowest BCUT2D eigenvalue weighted by atomic mass is 10.3. The molecule has 0 saturated heterocycles. The monoisotopic (exact) mass is 292 g/mol. The molecule has 0 atom stereocenters. The van der Waals surface area contributed by atoms with E-state index in [1.54, 1.807) is 26.1 Å². The van der Waals surface area contributed by atoms with Crippen molar-refractivity contribution in [2.75, 3.05) is 17.1 Å². The van der Waals surface area contributed by atoms with Crippen LogP contribution in [0.25, 0.3) is 0 Å². The summed E-state index contributed by atoms with van der Waals surface area (Å²) >= 11 is 0. The molecule has 0 aromatic carbocycles. The van der Waals surface area contributed by atoms with Gasteiger partial charge in [-0.1, -0.05) is 0 Å². The van der Waals surface area contributed by atoms with E-state index in [9.17, 15) is 8.42 Å². The number of hydrogen-bond donors (Lipinski definition) is 2. The molecule has 20 heavy (non-hydrogen) atoms. The van der Waals surface area contributed by atoms with Gasteiger partial charge in [-0.15, -0.1) is 0 Å². The van der Waals surface area contributed by atoms with Crippen LogP contribution in [0.3, 0.4) is 0 Å². The van der Waals surface area contributed by atoms with Crippen LogP contribution < -0.4 is 10.0 Å². The highest BCUT2D eigenvalue weighted by atomic mass is 32.2. The number of nitrogens with one attached hydrogen (secondary N) is 2. The molecule has 2 rings (SSSR count). The van der Waals surface area contributed by atoms with E-state index in [0.717, 1.165) is 5.69 Å². The summed E-state index contributed by atoms with van der Waals surface area (Å²) in [6.45, 7) is 3.61. The molecule has 0 radical (unpaired) electrons. The number of aromatic nitrogens is 2. The van der Waals surface area contributed by atoms with Crippen LogP contribution in [-0.4, -0.2) is 25.4 Å². The summed E-state index contributed by atoms with van der Waals surface area (Å²) in [4.78, 5) is 8.38. The van der Waals surface area contributed by atoms with Crippen molar-refractivity contribution >= 4 is 21.5 Å². The number of pyridine rings is 2. The summed E-state index contributed by atoms with van der Waals surface area (Å²) in [6.07, 6.45) is 1.45. The molecule has 0 amide bonds. The summed E-state index contributed by atoms with van der Waals surface area (Å²) in [7, 11) is -1.97. The topological polar surface area (TPSA) is 84.0 Å². The Morgan fingerprint density at radius 1 is 1.15 bits per heavy atom. The Kier molecular flexibility index (Phi) is 3.89. The van der Waals surface area contributed by atoms with Crippen molar-refractivity contribution in [2.24, 2.45) is 0 Å². The quantitative estimate of drug-likeness (QED) is 0.899. The second kappa shape index (κ2) is 5.46. The minimum atomic E-state index is -3.65. The van der Waals surface area contributed by atoms with Gasteiger partial charge in [0.25, 0.3) is 10.0 Å². The van der Waals surface area contributed by atoms with Gasteiger partial charge in [0.2, 0.25) is 0 Å². The zero-order valence-corrected chi connectivity index (χ0v) is 12.3. The predicted octanol–water partition coefficient (Wildman–Crippen LogP) is 1.94. The molecule has 0 aliphatic carbocycles. The summed E-state index contributed by atoms with van der Waals surface area (Å²) in [5, 5.41) is 2.81. The molecule has 0 saturated carbocycles. The van der Waals surface area contributed by atoms with E-state index in [1.807, 2.05) is 6.92 Å². The Labute approximate surface area is 118 Å². The molecule has 2 N–H and O–H groups in total. The fraction of sp³-hybridized carbons (Fsp3) is 0.231. The molecule has 2 heterocycles. The third-order valence-electron chi connectivity index (χ3n) is 2.77. The highest BCUT2D eigenvalue weighted by molar-refractivity contribution is 7.92. The lowest BCUT2D eigenvalue weighted by Crippen LogP contribution is -2.14. The van der Waals surface area contributed by atoms with Crippen molar-refractivity contribution < 1.29 is 8.42 Å². The largest absolute Gasteiger partial charge is 0.373 e. The van der Waals surface area contributed by atoms with E-state index in [2.05, 4.69) is 20.0 Å². The van der Waals surface area contributed by atoms with Crippen LogP contribution >= 0.6 is 0 Å². The van der Waals surface area contributed by atoms with E-state index < -0.39 is 10.0 Å². The van der Waals surface area contributed by atoms with Gasteiger partial charge in [-0.05, 0) is 32.0 Å². The maximum Gasteiger partial charge on any atom is 0.262 e. The maximum absolute atomic E-state index is 12.3. The highest BCUT2D eigenvalue weighted by Crippen LogP contribution is 2.19. The minimum Gasteiger partial charge on any atom is -0.373 e. The lowest BCUT2D eigenvalue weighted by Gasteiger charge is -2.11. The Bertz CT molecular complexity index is 729. The van der Waals surface area contributed by atoms with Gasteiger partial charge in [-0.3, -0.25) is 9.71 Å². The van der Waals surface area contributed by atoms with Crippen LogP contribution in [0.1, 0.15) is 11.4 Å². The second-order valence-corrected chi connectivity index (χ2v) is 6.00. The maximum atomic E-state index is 12.3. The van der Waals surface area contributed by atoms with Crippen LogP contribution in [-0.2, 0) is 10.0 Å². The van der Waals surface area contributed by atoms with Gasteiger partial charge >= 0.3 is 0 Å². The molecular formula is C13H16N4O2S. The molecule has 0 spiro atoms. The first-order valence-electron chi connectivity index (χ1n) is 6.03. The van der Waals surface area contributed by atoms with Gasteiger partial charge in [0.15, 0.2) is 0 Å². The van der Waals surface area contributed by atoms with Crippen LogP contribution in [0.5, 0.6) is 0 Å². The molecule has 7 heteroatoms. The number of hydrogen-bond acceptors (Lipinski definition) is 5. The molecular weight excluding hydrogens is 276 g/mol. The Morgan fingerprint density at radius 3 is 2.55 bits per heavy atom. The van der Waals surface area contributed by atoms with Crippen molar-refractivity contribution in [3.8, 4) is 0 Å². The third kappa shape index (κ3) is 3.05. The van der Waals surface area contributed by atoms with E-state index in [1.165, 1.54) is 18.3 Å². The van der Waals surface area contributed by atoms with Crippen LogP contribution in [0.15, 0.2) is 35.4 Å². The fourth-order valence-electron chi connectivity index (χ4n) is 1.71. The van der Waals surface area contributed by atoms with Crippen molar-refractivity contribution in [1.29, 1.82) is 0 Å². The molecule has 0 bridgehead atoms. The standard InChI is InChI=1S/C13H16N4O2S/c1-9-4-5-12(10(2)16-9)17-20(18,19)11-6-7-15-13(8-11)14-3/h4-8,17H,1-3H3,(H,14,15). The molecule has 0 unspecified atom stereocenters. The SMILES string of the molecule is CNc1cc(S(=O)(=O)Nc2ccc(C)nc2C)ccn1. The summed E-state index contributed by atoms with van der Waals surface area (Å²) in [5.41, 5.74) is 1.95. The first kappa shape index (κ1) is 14.3. The molecule has 106 valence electrons. The Morgan fingerprint density at radius 2 is 1.90 bits per heavy atom. The van der Waals surface area contributed by atoms with Crippen molar-refractivity contribution in [2.45, 2.75) is 18.7 Å². The summed E-state index contributed by atoms with van der Waals surface area (Å²) in [5.74, 6) is 0.492. The van der Waals surface area contributed by atoms with Crippen molar-refractivity contribution in [3.05, 3.63) is 41.9 Å². The number of sulfonamides is 1. The van der Waals surface area contributed by atoms with Gasteiger partial charge in [-0.2, -0.15) is 0 Å². The molecule has 0 aliphatic rings. The van der Waals surface area contributed by atoms with Gasteiger partial charge < -0.3 is 5.32 Å². The van der Waals surface area contributed by atoms with Crippen LogP contribution in [0.2, 0.25) is 0 Å². The molecule has 0 fully saturated rings. The van der Waals surface area contributed by atoms with E-state index >= 15 is 0 Å². The normalized spacial score (nSPS) is 11.2. The third-order valence-corrected chi connectivity index (χ3v) is 4.13. The van der Waals surface area contributed by atoms with Gasteiger partial charge in [0.1, 0.15) is 5.82 Å². The highest BCUT2D eigenvalue weighted by Gasteiger charge is 2.16. The predicted molar refractivity (Wildman–Crippen MR) is 78.3 cm³/mol. The Hall–Kier alpha value is -2.15. The smallest absolute Gasteiger partial charge is 0.262 e. The second-order valence-electron chi connectivity index (χ2n) is 4.32. The average molecular weight is 292 g/mol. The number of rotatable bonds is 4. The number of anilines is 2. The minimum absolute atomic E-state index is 0.150. The zero-order valence-electron chi connectivity index (χ0n) is 11.5. The van der Waals surface area contributed by atoms with Crippen LogP contribution in [0, 0.1) is 13.8 Å². The van der Waals surface area contributed by atoms with Gasteiger partial charge in [0.05, 0.1) is 16.3 Å². The first-order chi connectivity index (χ1) is 9.42. The molecule has 2 aromatic heterocycles. The van der Waals surface area contributed by atoms with E-state index in [-0.39, 0.29) is 4.90 Å². The number of aryl methyl sites for hydroxylation is 2. The number of nitrogens with zero attached hydrogens (tertiary/aromatic N) is 2. The van der Waals surface area contributed by atoms with E-state index in [4.69, 9.17) is 0 Å². The van der Waals surface area contributed by atoms with Crippen molar-refractivity contribution in [3.63, 3.8) is 0 Å². The average Bonchev–Trinajstić information content (AvgIpc) is 2.42. The molecule has 6 nitrogen and oxygen atoms in total. The lowest BCUT2D eigenvalue weighted by molar-refractivity contribution is 0.601. The van der Waals surface area contributed by atoms with E-state index in [0.29, 0.717) is 17.2 Å².